The van der Waals surface area contributed by atoms with Crippen LogP contribution < -0.4 is 0 Å². The number of likely N-dealkylation sites (tertiary alicyclic amines) is 1. The Balaban J connectivity index is 2.36. The molecule has 0 bridgehead atoms. The van der Waals surface area contributed by atoms with Gasteiger partial charge in [0.2, 0.25) is 0 Å². The van der Waals surface area contributed by atoms with Crippen molar-refractivity contribution in [2.75, 3.05) is 19.6 Å². The largest absolute Gasteiger partial charge is 0.303 e. The van der Waals surface area contributed by atoms with E-state index >= 15 is 0 Å². The van der Waals surface area contributed by atoms with E-state index in [4.69, 9.17) is 0 Å². The molecule has 0 aromatic heterocycles. The van der Waals surface area contributed by atoms with Gasteiger partial charge in [-0.05, 0) is 49.6 Å². The molecular formula is C14H29N. The minimum absolute atomic E-state index is 0.849. The molecule has 90 valence electrons. The quantitative estimate of drug-likeness (QED) is 0.686. The molecule has 1 aliphatic rings. The Bertz CT molecular complexity index is 174. The van der Waals surface area contributed by atoms with E-state index in [2.05, 4.69) is 39.5 Å². The Morgan fingerprint density at radius 1 is 1.20 bits per heavy atom. The van der Waals surface area contributed by atoms with Crippen molar-refractivity contribution in [3.05, 3.63) is 0 Å². The molecule has 1 heterocycles. The highest BCUT2D eigenvalue weighted by molar-refractivity contribution is 4.80. The average molecular weight is 211 g/mol. The van der Waals surface area contributed by atoms with Crippen molar-refractivity contribution in [1.82, 2.24) is 4.90 Å². The number of nitrogens with zero attached hydrogens (tertiary/aromatic N) is 1. The maximum Gasteiger partial charge on any atom is 0.00147 e. The zero-order chi connectivity index (χ0) is 11.4. The molecule has 1 fully saturated rings. The summed E-state index contributed by atoms with van der Waals surface area (Å²) in [6, 6.07) is 0. The third-order valence-electron chi connectivity index (χ3n) is 3.98. The molecule has 1 rings (SSSR count). The summed E-state index contributed by atoms with van der Waals surface area (Å²) in [5, 5.41) is 0. The second-order valence-electron chi connectivity index (χ2n) is 6.16. The van der Waals surface area contributed by atoms with Gasteiger partial charge < -0.3 is 4.90 Å². The van der Waals surface area contributed by atoms with Gasteiger partial charge in [-0.25, -0.2) is 0 Å². The Labute approximate surface area is 96.2 Å². The average Bonchev–Trinajstić information content (AvgIpc) is 2.16. The molecular weight excluding hydrogens is 182 g/mol. The van der Waals surface area contributed by atoms with Crippen molar-refractivity contribution in [3.8, 4) is 0 Å². The number of rotatable bonds is 4. The van der Waals surface area contributed by atoms with Crippen LogP contribution in [0.15, 0.2) is 0 Å². The monoisotopic (exact) mass is 211 g/mol. The molecule has 0 spiro atoms. The molecule has 0 saturated carbocycles. The summed E-state index contributed by atoms with van der Waals surface area (Å²) in [6.45, 7) is 15.8. The highest BCUT2D eigenvalue weighted by atomic mass is 15.1. The molecule has 15 heavy (non-hydrogen) atoms. The van der Waals surface area contributed by atoms with Gasteiger partial charge in [0.15, 0.2) is 0 Å². The fraction of sp³-hybridized carbons (Fsp3) is 1.00. The second-order valence-corrected chi connectivity index (χ2v) is 6.16. The van der Waals surface area contributed by atoms with Gasteiger partial charge in [0, 0.05) is 6.54 Å². The summed E-state index contributed by atoms with van der Waals surface area (Å²) in [5.74, 6) is 3.55. The molecule has 0 N–H and O–H groups in total. The Hall–Kier alpha value is -0.0400. The van der Waals surface area contributed by atoms with Crippen LogP contribution in [-0.2, 0) is 0 Å². The lowest BCUT2D eigenvalue weighted by molar-refractivity contribution is 0.0943. The predicted octanol–water partition coefficient (Wildman–Crippen LogP) is 3.65. The van der Waals surface area contributed by atoms with Gasteiger partial charge in [-0.1, -0.05) is 34.6 Å². The third kappa shape index (κ3) is 4.14. The van der Waals surface area contributed by atoms with Gasteiger partial charge in [-0.3, -0.25) is 0 Å². The molecule has 0 radical (unpaired) electrons. The van der Waals surface area contributed by atoms with E-state index in [1.165, 1.54) is 32.5 Å². The lowest BCUT2D eigenvalue weighted by Gasteiger charge is -2.39. The van der Waals surface area contributed by atoms with Crippen LogP contribution in [0.4, 0.5) is 0 Å². The first kappa shape index (κ1) is 13.0. The van der Waals surface area contributed by atoms with Crippen molar-refractivity contribution in [2.24, 2.45) is 23.7 Å². The fourth-order valence-electron chi connectivity index (χ4n) is 2.68. The van der Waals surface area contributed by atoms with E-state index in [0.717, 1.165) is 23.7 Å². The first-order valence-electron chi connectivity index (χ1n) is 6.73. The molecule has 1 aliphatic heterocycles. The Kier molecular flexibility index (Phi) is 5.11. The predicted molar refractivity (Wildman–Crippen MR) is 68.0 cm³/mol. The summed E-state index contributed by atoms with van der Waals surface area (Å²) >= 11 is 0. The van der Waals surface area contributed by atoms with Crippen LogP contribution in [0.5, 0.6) is 0 Å². The number of hydrogen-bond acceptors (Lipinski definition) is 1. The normalized spacial score (nSPS) is 29.0. The highest BCUT2D eigenvalue weighted by Crippen LogP contribution is 2.29. The molecule has 0 aromatic carbocycles. The molecule has 1 nitrogen and oxygen atoms in total. The summed E-state index contributed by atoms with van der Waals surface area (Å²) in [7, 11) is 0. The van der Waals surface area contributed by atoms with E-state index < -0.39 is 0 Å². The SMILES string of the molecule is CC(C)CCN1CC[C@H](C)C(C(C)C)C1. The molecule has 2 atom stereocenters. The highest BCUT2D eigenvalue weighted by Gasteiger charge is 2.27. The maximum absolute atomic E-state index is 2.69. The number of hydrogen-bond donors (Lipinski definition) is 0. The van der Waals surface area contributed by atoms with Gasteiger partial charge in [-0.15, -0.1) is 0 Å². The molecule has 1 unspecified atom stereocenters. The molecule has 0 aliphatic carbocycles. The minimum atomic E-state index is 0.849. The standard InChI is InChI=1S/C14H29N/c1-11(2)6-8-15-9-7-13(5)14(10-15)12(3)4/h11-14H,6-10H2,1-5H3/t13-,14?/m0/s1. The van der Waals surface area contributed by atoms with Crippen LogP contribution in [-0.4, -0.2) is 24.5 Å². The zero-order valence-corrected chi connectivity index (χ0v) is 11.3. The third-order valence-corrected chi connectivity index (χ3v) is 3.98. The van der Waals surface area contributed by atoms with Crippen molar-refractivity contribution >= 4 is 0 Å². The summed E-state index contributed by atoms with van der Waals surface area (Å²) in [4.78, 5) is 2.69. The molecule has 1 heteroatoms. The summed E-state index contributed by atoms with van der Waals surface area (Å²) in [6.07, 6.45) is 2.76. The van der Waals surface area contributed by atoms with Gasteiger partial charge >= 0.3 is 0 Å². The lowest BCUT2D eigenvalue weighted by Crippen LogP contribution is -2.42. The minimum Gasteiger partial charge on any atom is -0.303 e. The van der Waals surface area contributed by atoms with Crippen LogP contribution in [0.3, 0.4) is 0 Å². The summed E-state index contributed by atoms with van der Waals surface area (Å²) in [5.41, 5.74) is 0. The van der Waals surface area contributed by atoms with Crippen molar-refractivity contribution in [1.29, 1.82) is 0 Å². The van der Waals surface area contributed by atoms with Crippen LogP contribution in [0.1, 0.15) is 47.5 Å². The molecule has 0 aromatic rings. The fourth-order valence-corrected chi connectivity index (χ4v) is 2.68. The van der Waals surface area contributed by atoms with E-state index in [1.807, 2.05) is 0 Å². The second kappa shape index (κ2) is 5.89. The van der Waals surface area contributed by atoms with E-state index in [9.17, 15) is 0 Å². The van der Waals surface area contributed by atoms with Crippen LogP contribution in [0.2, 0.25) is 0 Å². The van der Waals surface area contributed by atoms with Gasteiger partial charge in [0.25, 0.3) is 0 Å². The van der Waals surface area contributed by atoms with Gasteiger partial charge in [0.05, 0.1) is 0 Å². The lowest BCUT2D eigenvalue weighted by atomic mass is 9.79. The smallest absolute Gasteiger partial charge is 0.00147 e. The van der Waals surface area contributed by atoms with E-state index in [1.54, 1.807) is 0 Å². The van der Waals surface area contributed by atoms with Crippen LogP contribution >= 0.6 is 0 Å². The van der Waals surface area contributed by atoms with Crippen molar-refractivity contribution in [3.63, 3.8) is 0 Å². The topological polar surface area (TPSA) is 3.24 Å². The Morgan fingerprint density at radius 2 is 1.87 bits per heavy atom. The number of piperidine rings is 1. The summed E-state index contributed by atoms with van der Waals surface area (Å²) < 4.78 is 0. The Morgan fingerprint density at radius 3 is 2.40 bits per heavy atom. The van der Waals surface area contributed by atoms with E-state index in [0.29, 0.717) is 0 Å². The van der Waals surface area contributed by atoms with Crippen LogP contribution in [0, 0.1) is 23.7 Å². The zero-order valence-electron chi connectivity index (χ0n) is 11.3. The van der Waals surface area contributed by atoms with Crippen molar-refractivity contribution < 1.29 is 0 Å². The van der Waals surface area contributed by atoms with Crippen molar-refractivity contribution in [2.45, 2.75) is 47.5 Å². The van der Waals surface area contributed by atoms with Crippen LogP contribution in [0.25, 0.3) is 0 Å². The van der Waals surface area contributed by atoms with Gasteiger partial charge in [0.1, 0.15) is 0 Å². The maximum atomic E-state index is 2.69. The first-order valence-corrected chi connectivity index (χ1v) is 6.73. The molecule has 1 saturated heterocycles. The van der Waals surface area contributed by atoms with Gasteiger partial charge in [-0.2, -0.15) is 0 Å². The molecule has 0 amide bonds. The first-order chi connectivity index (χ1) is 7.00. The van der Waals surface area contributed by atoms with E-state index in [-0.39, 0.29) is 0 Å².